The van der Waals surface area contributed by atoms with Crippen LogP contribution < -0.4 is 5.73 Å². The molecule has 1 aromatic heterocycles. The predicted molar refractivity (Wildman–Crippen MR) is 90.4 cm³/mol. The van der Waals surface area contributed by atoms with Crippen molar-refractivity contribution in [1.82, 2.24) is 14.9 Å². The summed E-state index contributed by atoms with van der Waals surface area (Å²) in [6.45, 7) is 4.00. The summed E-state index contributed by atoms with van der Waals surface area (Å²) in [6, 6.07) is 9.54. The van der Waals surface area contributed by atoms with Gasteiger partial charge >= 0.3 is 0 Å². The molecule has 0 saturated heterocycles. The molecule has 5 heteroatoms. The SMILES string of the molecule is CC.CN(C)/C=C/C(=O)c1nc(-c2ccccc2)cnc1N. The second-order valence-corrected chi connectivity index (χ2v) is 4.50. The zero-order valence-electron chi connectivity index (χ0n) is 13.4. The number of rotatable bonds is 4. The van der Waals surface area contributed by atoms with Crippen LogP contribution in [-0.4, -0.2) is 34.7 Å². The third kappa shape index (κ3) is 4.70. The lowest BCUT2D eigenvalue weighted by molar-refractivity contribution is 0.104. The number of hydrogen-bond acceptors (Lipinski definition) is 5. The van der Waals surface area contributed by atoms with Gasteiger partial charge in [-0.05, 0) is 0 Å². The first-order valence-corrected chi connectivity index (χ1v) is 7.15. The van der Waals surface area contributed by atoms with Crippen LogP contribution in [0.15, 0.2) is 48.8 Å². The average molecular weight is 298 g/mol. The summed E-state index contributed by atoms with van der Waals surface area (Å²) in [5, 5.41) is 0. The van der Waals surface area contributed by atoms with Gasteiger partial charge in [0.15, 0.2) is 11.5 Å². The molecule has 0 aliphatic rings. The van der Waals surface area contributed by atoms with Crippen LogP contribution in [0.2, 0.25) is 0 Å². The molecule has 1 aromatic carbocycles. The summed E-state index contributed by atoms with van der Waals surface area (Å²) in [6.07, 6.45) is 4.64. The fourth-order valence-corrected chi connectivity index (χ4v) is 1.62. The Balaban J connectivity index is 0.00000116. The highest BCUT2D eigenvalue weighted by Crippen LogP contribution is 2.18. The summed E-state index contributed by atoms with van der Waals surface area (Å²) in [4.78, 5) is 22.2. The van der Waals surface area contributed by atoms with Crippen LogP contribution in [0.25, 0.3) is 11.3 Å². The zero-order valence-corrected chi connectivity index (χ0v) is 13.4. The van der Waals surface area contributed by atoms with Crippen LogP contribution in [0.1, 0.15) is 24.3 Å². The first-order valence-electron chi connectivity index (χ1n) is 7.15. The fourth-order valence-electron chi connectivity index (χ4n) is 1.62. The Bertz CT molecular complexity index is 636. The third-order valence-electron chi connectivity index (χ3n) is 2.63. The van der Waals surface area contributed by atoms with E-state index in [1.807, 2.05) is 58.3 Å². The van der Waals surface area contributed by atoms with E-state index in [4.69, 9.17) is 5.73 Å². The van der Waals surface area contributed by atoms with E-state index < -0.39 is 0 Å². The van der Waals surface area contributed by atoms with E-state index in [9.17, 15) is 4.79 Å². The maximum atomic E-state index is 12.1. The summed E-state index contributed by atoms with van der Waals surface area (Å²) < 4.78 is 0. The van der Waals surface area contributed by atoms with Crippen molar-refractivity contribution in [3.8, 4) is 11.3 Å². The Morgan fingerprint density at radius 2 is 1.82 bits per heavy atom. The Morgan fingerprint density at radius 1 is 1.18 bits per heavy atom. The molecule has 0 atom stereocenters. The van der Waals surface area contributed by atoms with Crippen LogP contribution >= 0.6 is 0 Å². The number of carbonyl (C=O) groups excluding carboxylic acids is 1. The molecule has 0 saturated carbocycles. The van der Waals surface area contributed by atoms with Crippen molar-refractivity contribution in [1.29, 1.82) is 0 Å². The Morgan fingerprint density at radius 3 is 2.41 bits per heavy atom. The predicted octanol–water partition coefficient (Wildman–Crippen LogP) is 3.01. The van der Waals surface area contributed by atoms with E-state index in [0.29, 0.717) is 5.69 Å². The second-order valence-electron chi connectivity index (χ2n) is 4.50. The van der Waals surface area contributed by atoms with E-state index in [1.54, 1.807) is 17.3 Å². The van der Waals surface area contributed by atoms with Gasteiger partial charge < -0.3 is 10.6 Å². The van der Waals surface area contributed by atoms with E-state index in [0.717, 1.165) is 5.56 Å². The Labute approximate surface area is 131 Å². The van der Waals surface area contributed by atoms with Crippen molar-refractivity contribution in [2.75, 3.05) is 19.8 Å². The highest BCUT2D eigenvalue weighted by Gasteiger charge is 2.12. The summed E-state index contributed by atoms with van der Waals surface area (Å²) >= 11 is 0. The molecule has 0 unspecified atom stereocenters. The summed E-state index contributed by atoms with van der Waals surface area (Å²) in [5.41, 5.74) is 7.42. The first-order chi connectivity index (χ1) is 10.6. The monoisotopic (exact) mass is 298 g/mol. The molecule has 0 spiro atoms. The number of aromatic nitrogens is 2. The van der Waals surface area contributed by atoms with Gasteiger partial charge in [-0.25, -0.2) is 9.97 Å². The Kier molecular flexibility index (Phi) is 6.76. The molecule has 0 aliphatic carbocycles. The van der Waals surface area contributed by atoms with Gasteiger partial charge in [-0.2, -0.15) is 0 Å². The number of carbonyl (C=O) groups is 1. The fraction of sp³-hybridized carbons (Fsp3) is 0.235. The van der Waals surface area contributed by atoms with Crippen molar-refractivity contribution < 1.29 is 4.79 Å². The average Bonchev–Trinajstić information content (AvgIpc) is 2.55. The normalized spacial score (nSPS) is 10.0. The van der Waals surface area contributed by atoms with Crippen LogP contribution in [0, 0.1) is 0 Å². The maximum absolute atomic E-state index is 12.1. The smallest absolute Gasteiger partial charge is 0.209 e. The lowest BCUT2D eigenvalue weighted by Gasteiger charge is -2.06. The van der Waals surface area contributed by atoms with Crippen LogP contribution in [0.5, 0.6) is 0 Å². The number of hydrogen-bond donors (Lipinski definition) is 1. The van der Waals surface area contributed by atoms with Crippen LogP contribution in [-0.2, 0) is 0 Å². The highest BCUT2D eigenvalue weighted by molar-refractivity contribution is 6.06. The van der Waals surface area contributed by atoms with E-state index in [-0.39, 0.29) is 17.3 Å². The van der Waals surface area contributed by atoms with Crippen molar-refractivity contribution in [3.05, 3.63) is 54.5 Å². The topological polar surface area (TPSA) is 72.1 Å². The van der Waals surface area contributed by atoms with Gasteiger partial charge in [-0.1, -0.05) is 44.2 Å². The molecule has 116 valence electrons. The second kappa shape index (κ2) is 8.56. The highest BCUT2D eigenvalue weighted by atomic mass is 16.1. The minimum Gasteiger partial charge on any atom is -0.383 e. The summed E-state index contributed by atoms with van der Waals surface area (Å²) in [7, 11) is 3.67. The van der Waals surface area contributed by atoms with Gasteiger partial charge in [0, 0.05) is 31.9 Å². The molecule has 0 radical (unpaired) electrons. The Hall–Kier alpha value is -2.69. The maximum Gasteiger partial charge on any atom is 0.209 e. The van der Waals surface area contributed by atoms with Crippen molar-refractivity contribution in [2.24, 2.45) is 0 Å². The number of ketones is 1. The standard InChI is InChI=1S/C15H16N4O.C2H6/c1-19(2)9-8-13(20)14-15(16)17-10-12(18-14)11-6-4-3-5-7-11;1-2/h3-10H,1-2H3,(H2,16,17);1-2H3/b9-8+;. The van der Waals surface area contributed by atoms with Crippen molar-refractivity contribution in [3.63, 3.8) is 0 Å². The van der Waals surface area contributed by atoms with Gasteiger partial charge in [-0.3, -0.25) is 4.79 Å². The van der Waals surface area contributed by atoms with E-state index in [2.05, 4.69) is 9.97 Å². The molecule has 0 bridgehead atoms. The number of anilines is 1. The van der Waals surface area contributed by atoms with Gasteiger partial charge in [0.2, 0.25) is 5.78 Å². The largest absolute Gasteiger partial charge is 0.383 e. The summed E-state index contributed by atoms with van der Waals surface area (Å²) in [5.74, 6) is -0.125. The van der Waals surface area contributed by atoms with Crippen molar-refractivity contribution in [2.45, 2.75) is 13.8 Å². The minimum absolute atomic E-state index is 0.137. The molecule has 2 aromatic rings. The van der Waals surface area contributed by atoms with Crippen LogP contribution in [0.3, 0.4) is 0 Å². The van der Waals surface area contributed by atoms with E-state index >= 15 is 0 Å². The minimum atomic E-state index is -0.263. The zero-order chi connectivity index (χ0) is 16.5. The number of allylic oxidation sites excluding steroid dienone is 1. The van der Waals surface area contributed by atoms with Crippen LogP contribution in [0.4, 0.5) is 5.82 Å². The molecule has 1 heterocycles. The molecule has 5 nitrogen and oxygen atoms in total. The van der Waals surface area contributed by atoms with E-state index in [1.165, 1.54) is 6.08 Å². The lowest BCUT2D eigenvalue weighted by Crippen LogP contribution is -2.09. The lowest BCUT2D eigenvalue weighted by atomic mass is 10.1. The number of benzene rings is 1. The van der Waals surface area contributed by atoms with Gasteiger partial charge in [-0.15, -0.1) is 0 Å². The molecule has 0 amide bonds. The molecule has 2 rings (SSSR count). The number of nitrogens with zero attached hydrogens (tertiary/aromatic N) is 3. The van der Waals surface area contributed by atoms with Gasteiger partial charge in [0.25, 0.3) is 0 Å². The van der Waals surface area contributed by atoms with Gasteiger partial charge in [0.05, 0.1) is 11.9 Å². The third-order valence-corrected chi connectivity index (χ3v) is 2.63. The van der Waals surface area contributed by atoms with Crippen molar-refractivity contribution >= 4 is 11.6 Å². The van der Waals surface area contributed by atoms with Gasteiger partial charge in [0.1, 0.15) is 0 Å². The molecule has 2 N–H and O–H groups in total. The molecular weight excluding hydrogens is 276 g/mol. The quantitative estimate of drug-likeness (QED) is 0.694. The molecule has 0 aliphatic heterocycles. The molecule has 0 fully saturated rings. The number of nitrogens with two attached hydrogens (primary N) is 1. The molecular formula is C17H22N4O. The first kappa shape index (κ1) is 17.4. The number of nitrogen functional groups attached to an aromatic ring is 1. The molecule has 22 heavy (non-hydrogen) atoms.